The van der Waals surface area contributed by atoms with Crippen LogP contribution in [0.15, 0.2) is 83.8 Å². The quantitative estimate of drug-likeness (QED) is 0.324. The summed E-state index contributed by atoms with van der Waals surface area (Å²) in [6.07, 6.45) is 2.15. The zero-order chi connectivity index (χ0) is 25.1. The maximum Gasteiger partial charge on any atom is 0.243 e. The Morgan fingerprint density at radius 2 is 1.75 bits per heavy atom. The van der Waals surface area contributed by atoms with E-state index in [1.54, 1.807) is 35.2 Å². The molecule has 2 heterocycles. The van der Waals surface area contributed by atoms with Gasteiger partial charge in [0.05, 0.1) is 27.6 Å². The number of hydrogen-bond donors (Lipinski definition) is 0. The maximum atomic E-state index is 14.0. The van der Waals surface area contributed by atoms with Gasteiger partial charge in [-0.15, -0.1) is 0 Å². The van der Waals surface area contributed by atoms with Crippen molar-refractivity contribution in [3.63, 3.8) is 0 Å². The number of fused-ring (bicyclic) bond motifs is 1. The number of carbonyl (C=O) groups is 1. The lowest BCUT2D eigenvalue weighted by atomic mass is 9.98. The molecule has 6 nitrogen and oxygen atoms in total. The van der Waals surface area contributed by atoms with Crippen LogP contribution in [0.25, 0.3) is 10.2 Å². The molecule has 1 aliphatic rings. The van der Waals surface area contributed by atoms with E-state index in [-0.39, 0.29) is 17.3 Å². The molecule has 1 saturated heterocycles. The summed E-state index contributed by atoms with van der Waals surface area (Å²) < 4.78 is 29.0. The fraction of sp³-hybridized carbons (Fsp3) is 0.286. The minimum atomic E-state index is -3.66. The highest BCUT2D eigenvalue weighted by atomic mass is 32.2. The van der Waals surface area contributed by atoms with Crippen LogP contribution in [-0.4, -0.2) is 36.7 Å². The van der Waals surface area contributed by atoms with E-state index in [9.17, 15) is 13.2 Å². The van der Waals surface area contributed by atoms with Crippen molar-refractivity contribution in [3.05, 3.63) is 90.0 Å². The van der Waals surface area contributed by atoms with Crippen LogP contribution in [-0.2, 0) is 27.8 Å². The summed E-state index contributed by atoms with van der Waals surface area (Å²) in [5, 5.41) is 0.655. The molecule has 186 valence electrons. The largest absolute Gasteiger partial charge is 0.283 e. The van der Waals surface area contributed by atoms with E-state index in [2.05, 4.69) is 13.0 Å². The Morgan fingerprint density at radius 3 is 2.47 bits per heavy atom. The second-order valence-electron chi connectivity index (χ2n) is 9.04. The average Bonchev–Trinajstić information content (AvgIpc) is 3.37. The highest BCUT2D eigenvalue weighted by Gasteiger charge is 2.36. The molecule has 1 fully saturated rings. The number of piperidine rings is 1. The van der Waals surface area contributed by atoms with Gasteiger partial charge in [-0.3, -0.25) is 9.69 Å². The molecule has 4 aromatic rings. The monoisotopic (exact) mass is 519 g/mol. The molecule has 1 amide bonds. The van der Waals surface area contributed by atoms with Gasteiger partial charge in [0, 0.05) is 13.1 Å². The van der Waals surface area contributed by atoms with Gasteiger partial charge in [-0.2, -0.15) is 4.31 Å². The standard InChI is InChI=1S/C28H29N3O3S2/c1-2-22-13-9-17-25-26(22)29-28(35-25)31(19-21-11-5-3-6-12-21)27(32)23-14-10-18-30(20-23)36(33,34)24-15-7-4-8-16-24/h3-9,11-13,15-17,23H,2,10,14,18-20H2,1H3. The number of aromatic nitrogens is 1. The SMILES string of the molecule is CCc1cccc2sc(N(Cc3ccccc3)C(=O)C3CCCN(S(=O)(=O)c4ccccc4)C3)nc12. The molecular weight excluding hydrogens is 490 g/mol. The Hall–Kier alpha value is -3.07. The molecule has 1 atom stereocenters. The van der Waals surface area contributed by atoms with E-state index in [1.165, 1.54) is 15.6 Å². The normalized spacial score (nSPS) is 16.8. The zero-order valence-electron chi connectivity index (χ0n) is 20.2. The molecule has 1 unspecified atom stereocenters. The Balaban J connectivity index is 1.47. The highest BCUT2D eigenvalue weighted by molar-refractivity contribution is 7.89. The molecule has 3 aromatic carbocycles. The molecule has 0 bridgehead atoms. The molecule has 0 saturated carbocycles. The number of benzene rings is 3. The Kier molecular flexibility index (Phi) is 7.18. The van der Waals surface area contributed by atoms with Gasteiger partial charge in [0.1, 0.15) is 0 Å². The van der Waals surface area contributed by atoms with Crippen LogP contribution in [0.5, 0.6) is 0 Å². The third kappa shape index (κ3) is 4.93. The Bertz CT molecular complexity index is 1450. The second-order valence-corrected chi connectivity index (χ2v) is 12.0. The number of rotatable bonds is 7. The summed E-state index contributed by atoms with van der Waals surface area (Å²) in [5.41, 5.74) is 3.09. The van der Waals surface area contributed by atoms with Crippen LogP contribution in [0.2, 0.25) is 0 Å². The van der Waals surface area contributed by atoms with Crippen LogP contribution in [0.1, 0.15) is 30.9 Å². The number of aryl methyl sites for hydroxylation is 1. The summed E-state index contributed by atoms with van der Waals surface area (Å²) >= 11 is 1.51. The number of sulfonamides is 1. The summed E-state index contributed by atoms with van der Waals surface area (Å²) in [7, 11) is -3.66. The fourth-order valence-corrected chi connectivity index (χ4v) is 7.29. The van der Waals surface area contributed by atoms with E-state index in [0.717, 1.165) is 27.8 Å². The average molecular weight is 520 g/mol. The summed E-state index contributed by atoms with van der Waals surface area (Å²) in [6, 6.07) is 24.5. The van der Waals surface area contributed by atoms with E-state index in [1.807, 2.05) is 42.5 Å². The van der Waals surface area contributed by atoms with Crippen LogP contribution < -0.4 is 4.90 Å². The third-order valence-corrected chi connectivity index (χ3v) is 9.59. The molecule has 0 radical (unpaired) electrons. The number of nitrogens with zero attached hydrogens (tertiary/aromatic N) is 3. The molecule has 8 heteroatoms. The van der Waals surface area contributed by atoms with Crippen LogP contribution in [0, 0.1) is 5.92 Å². The molecule has 0 spiro atoms. The number of amides is 1. The van der Waals surface area contributed by atoms with E-state index in [0.29, 0.717) is 31.1 Å². The zero-order valence-corrected chi connectivity index (χ0v) is 21.8. The number of hydrogen-bond acceptors (Lipinski definition) is 5. The van der Waals surface area contributed by atoms with E-state index >= 15 is 0 Å². The first-order valence-corrected chi connectivity index (χ1v) is 14.5. The first kappa shape index (κ1) is 24.6. The van der Waals surface area contributed by atoms with Crippen molar-refractivity contribution >= 4 is 42.6 Å². The predicted molar refractivity (Wildman–Crippen MR) is 145 cm³/mol. The molecule has 1 aliphatic heterocycles. The van der Waals surface area contributed by atoms with Crippen molar-refractivity contribution < 1.29 is 13.2 Å². The van der Waals surface area contributed by atoms with Crippen molar-refractivity contribution in [1.82, 2.24) is 9.29 Å². The first-order chi connectivity index (χ1) is 17.5. The van der Waals surface area contributed by atoms with Crippen LogP contribution in [0.4, 0.5) is 5.13 Å². The van der Waals surface area contributed by atoms with Gasteiger partial charge in [-0.1, -0.05) is 78.9 Å². The maximum absolute atomic E-state index is 14.0. The van der Waals surface area contributed by atoms with Gasteiger partial charge in [0.2, 0.25) is 15.9 Å². The first-order valence-electron chi connectivity index (χ1n) is 12.3. The Morgan fingerprint density at radius 1 is 1.03 bits per heavy atom. The van der Waals surface area contributed by atoms with Crippen LogP contribution >= 0.6 is 11.3 Å². The second kappa shape index (κ2) is 10.5. The van der Waals surface area contributed by atoms with Gasteiger partial charge >= 0.3 is 0 Å². The summed E-state index contributed by atoms with van der Waals surface area (Å²) in [6.45, 7) is 3.08. The molecule has 0 N–H and O–H groups in total. The lowest BCUT2D eigenvalue weighted by Crippen LogP contribution is -2.46. The van der Waals surface area contributed by atoms with Gasteiger partial charge < -0.3 is 0 Å². The number of carbonyl (C=O) groups excluding carboxylic acids is 1. The van der Waals surface area contributed by atoms with Crippen molar-refractivity contribution in [2.75, 3.05) is 18.0 Å². The van der Waals surface area contributed by atoms with Gasteiger partial charge in [-0.25, -0.2) is 13.4 Å². The molecule has 1 aromatic heterocycles. The number of anilines is 1. The van der Waals surface area contributed by atoms with Gasteiger partial charge in [0.25, 0.3) is 0 Å². The minimum Gasteiger partial charge on any atom is -0.283 e. The topological polar surface area (TPSA) is 70.6 Å². The smallest absolute Gasteiger partial charge is 0.243 e. The lowest BCUT2D eigenvalue weighted by Gasteiger charge is -2.33. The predicted octanol–water partition coefficient (Wildman–Crippen LogP) is 5.49. The fourth-order valence-electron chi connectivity index (χ4n) is 4.72. The molecular formula is C28H29N3O3S2. The van der Waals surface area contributed by atoms with Crippen LogP contribution in [0.3, 0.4) is 0 Å². The number of thiazole rings is 1. The molecule has 5 rings (SSSR count). The van der Waals surface area contributed by atoms with Gasteiger partial charge in [-0.05, 0) is 48.6 Å². The van der Waals surface area contributed by atoms with Crippen molar-refractivity contribution in [2.45, 2.75) is 37.6 Å². The van der Waals surface area contributed by atoms with E-state index < -0.39 is 15.9 Å². The Labute approximate surface area is 216 Å². The summed E-state index contributed by atoms with van der Waals surface area (Å²) in [4.78, 5) is 20.9. The third-order valence-electron chi connectivity index (χ3n) is 6.67. The lowest BCUT2D eigenvalue weighted by molar-refractivity contribution is -0.123. The van der Waals surface area contributed by atoms with Gasteiger partial charge in [0.15, 0.2) is 5.13 Å². The molecule has 0 aliphatic carbocycles. The minimum absolute atomic E-state index is 0.0797. The van der Waals surface area contributed by atoms with Crippen molar-refractivity contribution in [2.24, 2.45) is 5.92 Å². The highest BCUT2D eigenvalue weighted by Crippen LogP contribution is 2.34. The van der Waals surface area contributed by atoms with E-state index in [4.69, 9.17) is 4.98 Å². The number of para-hydroxylation sites is 1. The molecule has 36 heavy (non-hydrogen) atoms. The van der Waals surface area contributed by atoms with Crippen molar-refractivity contribution in [1.29, 1.82) is 0 Å². The van der Waals surface area contributed by atoms with Crippen molar-refractivity contribution in [3.8, 4) is 0 Å². The summed E-state index contributed by atoms with van der Waals surface area (Å²) in [5.74, 6) is -0.512.